The van der Waals surface area contributed by atoms with Gasteiger partial charge in [-0.05, 0) is 32.9 Å². The summed E-state index contributed by atoms with van der Waals surface area (Å²) < 4.78 is 31.0. The van der Waals surface area contributed by atoms with Crippen LogP contribution in [0.5, 0.6) is 0 Å². The van der Waals surface area contributed by atoms with E-state index in [1.807, 2.05) is 25.3 Å². The van der Waals surface area contributed by atoms with E-state index in [9.17, 15) is 8.42 Å². The first kappa shape index (κ1) is 14.7. The number of nitrogens with zero attached hydrogens (tertiary/aromatic N) is 1. The third-order valence-corrected chi connectivity index (χ3v) is 4.06. The van der Waals surface area contributed by atoms with E-state index in [0.717, 1.165) is 5.56 Å². The van der Waals surface area contributed by atoms with Gasteiger partial charge in [-0.3, -0.25) is 0 Å². The van der Waals surface area contributed by atoms with Crippen LogP contribution in [-0.2, 0) is 14.3 Å². The summed E-state index contributed by atoms with van der Waals surface area (Å²) in [5.74, 6) is 0.403. The van der Waals surface area contributed by atoms with Gasteiger partial charge in [0.1, 0.15) is 18.0 Å². The molecule has 0 aliphatic carbocycles. The fourth-order valence-electron chi connectivity index (χ4n) is 1.63. The Hall–Kier alpha value is -1.36. The van der Waals surface area contributed by atoms with Crippen molar-refractivity contribution in [2.24, 2.45) is 0 Å². The van der Waals surface area contributed by atoms with Crippen LogP contribution in [0.3, 0.4) is 0 Å². The quantitative estimate of drug-likeness (QED) is 0.364. The summed E-state index contributed by atoms with van der Waals surface area (Å²) in [6, 6.07) is 6.62. The van der Waals surface area contributed by atoms with Crippen LogP contribution in [0.15, 0.2) is 29.2 Å². The van der Waals surface area contributed by atoms with Crippen LogP contribution >= 0.6 is 0 Å². The first-order valence-electron chi connectivity index (χ1n) is 6.00. The van der Waals surface area contributed by atoms with Crippen LogP contribution in [0, 0.1) is 6.92 Å². The Bertz CT molecular complexity index is 524. The van der Waals surface area contributed by atoms with E-state index >= 15 is 0 Å². The third kappa shape index (κ3) is 3.57. The van der Waals surface area contributed by atoms with Crippen molar-refractivity contribution in [3.8, 4) is 0 Å². The van der Waals surface area contributed by atoms with Crippen molar-refractivity contribution < 1.29 is 17.2 Å². The monoisotopic (exact) mass is 270 g/mol. The van der Waals surface area contributed by atoms with Crippen molar-refractivity contribution >= 4 is 16.0 Å². The molecule has 0 saturated carbocycles. The maximum atomic E-state index is 12.0. The molecule has 18 heavy (non-hydrogen) atoms. The summed E-state index contributed by atoms with van der Waals surface area (Å²) in [6.07, 6.45) is 0. The van der Waals surface area contributed by atoms with Gasteiger partial charge < -0.3 is 4.18 Å². The van der Waals surface area contributed by atoms with Crippen LogP contribution in [0.25, 0.3) is 0 Å². The topological polar surface area (TPSA) is 46.4 Å². The van der Waals surface area contributed by atoms with Gasteiger partial charge in [0.05, 0.1) is 6.92 Å². The largest absolute Gasteiger partial charge is 0.349 e. The van der Waals surface area contributed by atoms with Gasteiger partial charge in [0.25, 0.3) is 0 Å². The summed E-state index contributed by atoms with van der Waals surface area (Å²) in [5, 5.41) is 0. The molecule has 0 fully saturated rings. The molecule has 0 aliphatic heterocycles. The van der Waals surface area contributed by atoms with Crippen molar-refractivity contribution in [1.82, 2.24) is 0 Å². The molecule has 0 aliphatic rings. The average molecular weight is 270 g/mol. The molecular weight excluding hydrogens is 250 g/mol. The Labute approximate surface area is 109 Å². The zero-order chi connectivity index (χ0) is 13.8. The molecule has 0 N–H and O–H groups in total. The molecule has 0 saturated heterocycles. The zero-order valence-electron chi connectivity index (χ0n) is 11.3. The summed E-state index contributed by atoms with van der Waals surface area (Å²) in [5.41, 5.74) is 1.01. The lowest BCUT2D eigenvalue weighted by Crippen LogP contribution is -2.23. The van der Waals surface area contributed by atoms with Crippen molar-refractivity contribution in [2.45, 2.75) is 32.6 Å². The second-order valence-electron chi connectivity index (χ2n) is 4.04. The highest BCUT2D eigenvalue weighted by molar-refractivity contribution is 7.87. The number of hydrogen-bond donors (Lipinski definition) is 0. The van der Waals surface area contributed by atoms with Crippen LogP contribution in [-0.4, -0.2) is 32.0 Å². The Morgan fingerprint density at radius 3 is 2.11 bits per heavy atom. The van der Waals surface area contributed by atoms with E-state index in [0.29, 0.717) is 19.0 Å². The Morgan fingerprint density at radius 2 is 1.67 bits per heavy atom. The molecule has 5 heteroatoms. The molecule has 1 aromatic rings. The lowest BCUT2D eigenvalue weighted by Gasteiger charge is -2.06. The number of benzene rings is 1. The average Bonchev–Trinajstić information content (AvgIpc) is 2.30. The molecule has 0 aromatic heterocycles. The smallest absolute Gasteiger partial charge is 0.323 e. The molecule has 0 radical (unpaired) electrons. The Kier molecular flexibility index (Phi) is 4.90. The first-order valence-corrected chi connectivity index (χ1v) is 7.41. The highest BCUT2D eigenvalue weighted by atomic mass is 32.2. The Balaban J connectivity index is 3.02. The minimum Gasteiger partial charge on any atom is -0.323 e. The van der Waals surface area contributed by atoms with Crippen LogP contribution < -0.4 is 0 Å². The zero-order valence-corrected chi connectivity index (χ0v) is 12.1. The molecule has 0 atom stereocenters. The number of rotatable bonds is 4. The molecule has 0 heterocycles. The highest BCUT2D eigenvalue weighted by Gasteiger charge is 2.20. The van der Waals surface area contributed by atoms with Gasteiger partial charge in [0.15, 0.2) is 0 Å². The summed E-state index contributed by atoms with van der Waals surface area (Å²) in [7, 11) is -3.72. The van der Waals surface area contributed by atoms with Crippen LogP contribution in [0.4, 0.5) is 0 Å². The van der Waals surface area contributed by atoms with Gasteiger partial charge in [-0.15, -0.1) is 0 Å². The summed E-state index contributed by atoms with van der Waals surface area (Å²) in [6.45, 7) is 8.91. The van der Waals surface area contributed by atoms with E-state index in [1.54, 1.807) is 31.2 Å². The minimum absolute atomic E-state index is 0.180. The second-order valence-corrected chi connectivity index (χ2v) is 5.59. The first-order chi connectivity index (χ1) is 8.40. The van der Waals surface area contributed by atoms with Gasteiger partial charge in [-0.25, -0.2) is 4.58 Å². The van der Waals surface area contributed by atoms with E-state index in [2.05, 4.69) is 0 Å². The standard InChI is InChI=1S/C13H20NO3S/c1-5-14(6-2)12(4)17-18(15,16)13-9-7-11(3)8-10-13/h7-10H,5-6H2,1-4H3/q+1. The van der Waals surface area contributed by atoms with Gasteiger partial charge in [-0.1, -0.05) is 17.7 Å². The Morgan fingerprint density at radius 1 is 1.17 bits per heavy atom. The van der Waals surface area contributed by atoms with E-state index in [1.165, 1.54) is 0 Å². The van der Waals surface area contributed by atoms with E-state index in [4.69, 9.17) is 4.18 Å². The lowest BCUT2D eigenvalue weighted by atomic mass is 10.2. The van der Waals surface area contributed by atoms with Crippen molar-refractivity contribution in [3.05, 3.63) is 29.8 Å². The van der Waals surface area contributed by atoms with E-state index < -0.39 is 10.1 Å². The maximum Gasteiger partial charge on any atom is 0.349 e. The third-order valence-electron chi connectivity index (χ3n) is 2.75. The molecule has 1 rings (SSSR count). The normalized spacial score (nSPS) is 11.1. The molecule has 100 valence electrons. The predicted octanol–water partition coefficient (Wildman–Crippen LogP) is 2.17. The maximum absolute atomic E-state index is 12.0. The summed E-state index contributed by atoms with van der Waals surface area (Å²) in [4.78, 5) is 0.180. The molecule has 0 spiro atoms. The minimum atomic E-state index is -3.72. The second kappa shape index (κ2) is 6.00. The van der Waals surface area contributed by atoms with Crippen molar-refractivity contribution in [3.63, 3.8) is 0 Å². The highest BCUT2D eigenvalue weighted by Crippen LogP contribution is 2.13. The van der Waals surface area contributed by atoms with E-state index in [-0.39, 0.29) is 4.90 Å². The fourth-order valence-corrected chi connectivity index (χ4v) is 2.62. The lowest BCUT2D eigenvalue weighted by molar-refractivity contribution is -0.527. The fraction of sp³-hybridized carbons (Fsp3) is 0.462. The molecular formula is C13H20NO3S+. The number of aryl methyl sites for hydroxylation is 1. The van der Waals surface area contributed by atoms with Crippen molar-refractivity contribution in [1.29, 1.82) is 0 Å². The predicted molar refractivity (Wildman–Crippen MR) is 71.5 cm³/mol. The molecule has 0 amide bonds. The van der Waals surface area contributed by atoms with Crippen molar-refractivity contribution in [2.75, 3.05) is 13.1 Å². The summed E-state index contributed by atoms with van der Waals surface area (Å²) >= 11 is 0. The van der Waals surface area contributed by atoms with Crippen LogP contribution in [0.1, 0.15) is 26.3 Å². The van der Waals surface area contributed by atoms with Gasteiger partial charge >= 0.3 is 16.0 Å². The number of hydrogen-bond acceptors (Lipinski definition) is 3. The van der Waals surface area contributed by atoms with Gasteiger partial charge in [-0.2, -0.15) is 8.42 Å². The SMILES string of the molecule is CC[N+](CC)=C(C)OS(=O)(=O)c1ccc(C)cc1. The van der Waals surface area contributed by atoms with Gasteiger partial charge in [0.2, 0.25) is 0 Å². The molecule has 0 bridgehead atoms. The molecule has 1 aromatic carbocycles. The van der Waals surface area contributed by atoms with Gasteiger partial charge in [0, 0.05) is 0 Å². The molecule has 0 unspecified atom stereocenters. The molecule has 4 nitrogen and oxygen atoms in total. The van der Waals surface area contributed by atoms with Crippen LogP contribution in [0.2, 0.25) is 0 Å².